The van der Waals surface area contributed by atoms with Crippen molar-refractivity contribution in [3.8, 4) is 0 Å². The van der Waals surface area contributed by atoms with Crippen LogP contribution in [-0.4, -0.2) is 11.6 Å². The molecule has 0 bridgehead atoms. The largest absolute Gasteiger partial charge is 0.242 e. The van der Waals surface area contributed by atoms with Crippen molar-refractivity contribution in [2.24, 2.45) is 45.3 Å². The lowest BCUT2D eigenvalue weighted by Gasteiger charge is -2.66. The summed E-state index contributed by atoms with van der Waals surface area (Å²) in [6.45, 7) is 27.0. The van der Waals surface area contributed by atoms with Crippen LogP contribution < -0.4 is 0 Å². The van der Waals surface area contributed by atoms with Crippen molar-refractivity contribution in [1.29, 1.82) is 0 Å². The summed E-state index contributed by atoms with van der Waals surface area (Å²) >= 11 is 0. The Kier molecular flexibility index (Phi) is 4.97. The number of hydrogen-bond donors (Lipinski definition) is 0. The summed E-state index contributed by atoms with van der Waals surface area (Å²) in [7, 11) is 0. The molecular weight excluding hydrogens is 352 g/mol. The molecule has 0 aromatic heterocycles. The SMILES string of the molecule is CC1CC(C)(C)C(C)(C)C2(OOC3(OO2)C(C)C(C)CC(C)(C)C3(C)C)C1C. The van der Waals surface area contributed by atoms with E-state index in [0.717, 1.165) is 12.8 Å². The lowest BCUT2D eigenvalue weighted by molar-refractivity contribution is -0.708. The van der Waals surface area contributed by atoms with Gasteiger partial charge >= 0.3 is 0 Å². The standard InChI is InChI=1S/C24H44O4/c1-15-13-19(5,6)21(9,10)23(17(15)3)25-27-24(28-26-23)18(4)16(2)14-20(7,8)22(24,11)12/h15-18H,13-14H2,1-12H3. The molecule has 0 aromatic carbocycles. The third-order valence-electron chi connectivity index (χ3n) is 10.3. The Labute approximate surface area is 172 Å². The molecule has 1 saturated heterocycles. The van der Waals surface area contributed by atoms with Gasteiger partial charge in [0.1, 0.15) is 0 Å². The maximum atomic E-state index is 6.43. The van der Waals surface area contributed by atoms with E-state index in [1.165, 1.54) is 0 Å². The van der Waals surface area contributed by atoms with Crippen molar-refractivity contribution in [2.45, 2.75) is 108 Å². The Hall–Kier alpha value is -0.160. The smallest absolute Gasteiger partial charge is 0.194 e. The summed E-state index contributed by atoms with van der Waals surface area (Å²) in [6.07, 6.45) is 2.24. The van der Waals surface area contributed by atoms with Crippen molar-refractivity contribution in [3.05, 3.63) is 0 Å². The van der Waals surface area contributed by atoms with Gasteiger partial charge in [0, 0.05) is 22.7 Å². The van der Waals surface area contributed by atoms with Crippen LogP contribution >= 0.6 is 0 Å². The van der Waals surface area contributed by atoms with Crippen LogP contribution in [0.1, 0.15) is 95.9 Å². The molecule has 164 valence electrons. The highest BCUT2D eigenvalue weighted by molar-refractivity contribution is 5.09. The Morgan fingerprint density at radius 1 is 0.500 bits per heavy atom. The molecule has 4 unspecified atom stereocenters. The molecule has 3 fully saturated rings. The zero-order valence-electron chi connectivity index (χ0n) is 20.4. The van der Waals surface area contributed by atoms with Crippen molar-refractivity contribution in [3.63, 3.8) is 0 Å². The van der Waals surface area contributed by atoms with Crippen LogP contribution in [-0.2, 0) is 19.6 Å². The highest BCUT2D eigenvalue weighted by Crippen LogP contribution is 2.67. The summed E-state index contributed by atoms with van der Waals surface area (Å²) in [4.78, 5) is 25.7. The second kappa shape index (κ2) is 6.18. The van der Waals surface area contributed by atoms with Gasteiger partial charge in [-0.2, -0.15) is 19.6 Å². The molecule has 4 nitrogen and oxygen atoms in total. The average Bonchev–Trinajstić information content (AvgIpc) is 2.57. The minimum atomic E-state index is -0.931. The number of hydrogen-bond acceptors (Lipinski definition) is 4. The Balaban J connectivity index is 2.02. The fourth-order valence-corrected chi connectivity index (χ4v) is 6.30. The molecule has 2 saturated carbocycles. The van der Waals surface area contributed by atoms with E-state index in [0.29, 0.717) is 11.8 Å². The first-order valence-electron chi connectivity index (χ1n) is 11.2. The van der Waals surface area contributed by atoms with E-state index in [2.05, 4.69) is 83.1 Å². The first kappa shape index (κ1) is 22.5. The molecule has 1 heterocycles. The van der Waals surface area contributed by atoms with Crippen LogP contribution in [0.25, 0.3) is 0 Å². The normalized spacial score (nSPS) is 49.3. The zero-order valence-corrected chi connectivity index (χ0v) is 20.4. The minimum Gasteiger partial charge on any atom is -0.194 e. The summed E-state index contributed by atoms with van der Waals surface area (Å²) in [5, 5.41) is 0. The molecule has 3 aliphatic rings. The second-order valence-corrected chi connectivity index (χ2v) is 12.6. The Morgan fingerprint density at radius 3 is 1.00 bits per heavy atom. The summed E-state index contributed by atoms with van der Waals surface area (Å²) in [5.74, 6) is -0.673. The molecule has 4 heteroatoms. The van der Waals surface area contributed by atoms with Crippen molar-refractivity contribution in [2.75, 3.05) is 0 Å². The van der Waals surface area contributed by atoms with Gasteiger partial charge in [0.15, 0.2) is 0 Å². The third-order valence-corrected chi connectivity index (χ3v) is 10.3. The minimum absolute atomic E-state index is 0.0242. The van der Waals surface area contributed by atoms with E-state index < -0.39 is 11.6 Å². The maximum Gasteiger partial charge on any atom is 0.242 e. The van der Waals surface area contributed by atoms with Crippen LogP contribution in [0.2, 0.25) is 0 Å². The molecule has 1 aliphatic heterocycles. The topological polar surface area (TPSA) is 36.9 Å². The van der Waals surface area contributed by atoms with E-state index >= 15 is 0 Å². The van der Waals surface area contributed by atoms with Gasteiger partial charge in [-0.25, -0.2) is 0 Å². The molecule has 3 rings (SSSR count). The lowest BCUT2D eigenvalue weighted by atomic mass is 9.50. The average molecular weight is 397 g/mol. The lowest BCUT2D eigenvalue weighted by Crippen LogP contribution is -2.73. The molecule has 0 N–H and O–H groups in total. The van der Waals surface area contributed by atoms with Gasteiger partial charge in [0.2, 0.25) is 11.6 Å². The van der Waals surface area contributed by atoms with Crippen LogP contribution in [0.3, 0.4) is 0 Å². The van der Waals surface area contributed by atoms with Crippen molar-refractivity contribution >= 4 is 0 Å². The zero-order chi connectivity index (χ0) is 21.6. The third kappa shape index (κ3) is 2.50. The Morgan fingerprint density at radius 2 is 0.750 bits per heavy atom. The molecule has 0 aromatic rings. The van der Waals surface area contributed by atoms with Gasteiger partial charge in [0.05, 0.1) is 0 Å². The van der Waals surface area contributed by atoms with Gasteiger partial charge in [0.25, 0.3) is 0 Å². The van der Waals surface area contributed by atoms with E-state index in [-0.39, 0.29) is 33.5 Å². The van der Waals surface area contributed by atoms with E-state index in [9.17, 15) is 0 Å². The van der Waals surface area contributed by atoms with Crippen LogP contribution in [0, 0.1) is 45.3 Å². The predicted octanol–water partition coefficient (Wildman–Crippen LogP) is 6.75. The summed E-state index contributed by atoms with van der Waals surface area (Å²) in [6, 6.07) is 0. The monoisotopic (exact) mass is 396 g/mol. The van der Waals surface area contributed by atoms with E-state index in [4.69, 9.17) is 19.6 Å². The first-order valence-corrected chi connectivity index (χ1v) is 11.2. The van der Waals surface area contributed by atoms with Gasteiger partial charge in [-0.15, -0.1) is 0 Å². The fraction of sp³-hybridized carbons (Fsp3) is 1.00. The summed E-state index contributed by atoms with van der Waals surface area (Å²) < 4.78 is 0. The van der Waals surface area contributed by atoms with Crippen LogP contribution in [0.15, 0.2) is 0 Å². The molecular formula is C24H44O4. The molecule has 28 heavy (non-hydrogen) atoms. The van der Waals surface area contributed by atoms with Crippen molar-refractivity contribution < 1.29 is 19.6 Å². The van der Waals surface area contributed by atoms with Crippen LogP contribution in [0.5, 0.6) is 0 Å². The summed E-state index contributed by atoms with van der Waals surface area (Å²) in [5.41, 5.74) is -0.514. The Bertz CT molecular complexity index is 556. The van der Waals surface area contributed by atoms with Gasteiger partial charge in [-0.05, 0) is 35.5 Å². The molecule has 2 aliphatic carbocycles. The van der Waals surface area contributed by atoms with Gasteiger partial charge in [-0.1, -0.05) is 83.1 Å². The predicted molar refractivity (Wildman–Crippen MR) is 111 cm³/mol. The van der Waals surface area contributed by atoms with Gasteiger partial charge in [-0.3, -0.25) is 0 Å². The molecule has 0 radical (unpaired) electrons. The molecule has 2 spiro atoms. The molecule has 4 atom stereocenters. The number of rotatable bonds is 0. The van der Waals surface area contributed by atoms with Crippen LogP contribution in [0.4, 0.5) is 0 Å². The fourth-order valence-electron chi connectivity index (χ4n) is 6.30. The van der Waals surface area contributed by atoms with E-state index in [1.807, 2.05) is 0 Å². The quantitative estimate of drug-likeness (QED) is 0.425. The van der Waals surface area contributed by atoms with Crippen molar-refractivity contribution in [1.82, 2.24) is 0 Å². The second-order valence-electron chi connectivity index (χ2n) is 12.6. The highest BCUT2D eigenvalue weighted by atomic mass is 17.4. The maximum absolute atomic E-state index is 6.43. The highest BCUT2D eigenvalue weighted by Gasteiger charge is 2.73. The van der Waals surface area contributed by atoms with E-state index in [1.54, 1.807) is 0 Å². The first-order chi connectivity index (χ1) is 12.5. The van der Waals surface area contributed by atoms with Gasteiger partial charge < -0.3 is 0 Å². The molecule has 0 amide bonds.